The minimum absolute atomic E-state index is 0.385. The van der Waals surface area contributed by atoms with Gasteiger partial charge in [-0.3, -0.25) is 0 Å². The highest BCUT2D eigenvalue weighted by Crippen LogP contribution is 2.12. The SMILES string of the molecule is CCCN(CC1CCCN1)c1ncc(F)cn1. The van der Waals surface area contributed by atoms with Crippen LogP contribution in [0.3, 0.4) is 0 Å². The van der Waals surface area contributed by atoms with Crippen molar-refractivity contribution in [3.05, 3.63) is 18.2 Å². The van der Waals surface area contributed by atoms with Gasteiger partial charge in [0.2, 0.25) is 5.95 Å². The van der Waals surface area contributed by atoms with Crippen LogP contribution >= 0.6 is 0 Å². The van der Waals surface area contributed by atoms with Crippen molar-refractivity contribution in [2.45, 2.75) is 32.2 Å². The molecular weight excluding hydrogens is 219 g/mol. The highest BCUT2D eigenvalue weighted by Gasteiger charge is 2.19. The van der Waals surface area contributed by atoms with Crippen LogP contribution in [0.1, 0.15) is 26.2 Å². The summed E-state index contributed by atoms with van der Waals surface area (Å²) in [5.41, 5.74) is 0. The summed E-state index contributed by atoms with van der Waals surface area (Å²) in [7, 11) is 0. The average molecular weight is 238 g/mol. The molecule has 1 aliphatic rings. The Kier molecular flexibility index (Phi) is 4.25. The van der Waals surface area contributed by atoms with Gasteiger partial charge in [0.05, 0.1) is 12.4 Å². The Labute approximate surface area is 101 Å². The molecule has 4 nitrogen and oxygen atoms in total. The van der Waals surface area contributed by atoms with E-state index in [2.05, 4.69) is 27.1 Å². The minimum atomic E-state index is -0.385. The van der Waals surface area contributed by atoms with Gasteiger partial charge in [-0.25, -0.2) is 14.4 Å². The van der Waals surface area contributed by atoms with Crippen molar-refractivity contribution in [3.8, 4) is 0 Å². The normalized spacial score (nSPS) is 19.5. The van der Waals surface area contributed by atoms with Gasteiger partial charge in [-0.1, -0.05) is 6.92 Å². The van der Waals surface area contributed by atoms with Crippen molar-refractivity contribution >= 4 is 5.95 Å². The molecule has 2 rings (SSSR count). The predicted molar refractivity (Wildman–Crippen MR) is 65.5 cm³/mol. The van der Waals surface area contributed by atoms with Crippen LogP contribution in [-0.2, 0) is 0 Å². The Morgan fingerprint density at radius 1 is 1.47 bits per heavy atom. The number of halogens is 1. The van der Waals surface area contributed by atoms with Crippen LogP contribution in [0.2, 0.25) is 0 Å². The van der Waals surface area contributed by atoms with Crippen LogP contribution in [0.4, 0.5) is 10.3 Å². The number of aromatic nitrogens is 2. The zero-order valence-corrected chi connectivity index (χ0v) is 10.2. The first kappa shape index (κ1) is 12.2. The molecule has 0 bridgehead atoms. The lowest BCUT2D eigenvalue weighted by Gasteiger charge is -2.25. The quantitative estimate of drug-likeness (QED) is 0.845. The van der Waals surface area contributed by atoms with E-state index in [1.807, 2.05) is 0 Å². The third-order valence-corrected chi connectivity index (χ3v) is 2.99. The maximum atomic E-state index is 12.8. The van der Waals surface area contributed by atoms with Crippen molar-refractivity contribution in [1.29, 1.82) is 0 Å². The molecule has 94 valence electrons. The van der Waals surface area contributed by atoms with E-state index in [9.17, 15) is 4.39 Å². The lowest BCUT2D eigenvalue weighted by Crippen LogP contribution is -2.38. The van der Waals surface area contributed by atoms with Crippen LogP contribution in [0, 0.1) is 5.82 Å². The highest BCUT2D eigenvalue weighted by atomic mass is 19.1. The van der Waals surface area contributed by atoms with Crippen LogP contribution in [0.25, 0.3) is 0 Å². The Hall–Kier alpha value is -1.23. The topological polar surface area (TPSA) is 41.0 Å². The van der Waals surface area contributed by atoms with E-state index in [4.69, 9.17) is 0 Å². The van der Waals surface area contributed by atoms with Gasteiger partial charge in [-0.2, -0.15) is 0 Å². The molecule has 1 aromatic heterocycles. The number of hydrogen-bond donors (Lipinski definition) is 1. The number of hydrogen-bond acceptors (Lipinski definition) is 4. The van der Waals surface area contributed by atoms with Crippen LogP contribution in [-0.4, -0.2) is 35.6 Å². The molecule has 1 aliphatic heterocycles. The molecule has 1 atom stereocenters. The number of anilines is 1. The second-order valence-electron chi connectivity index (χ2n) is 4.44. The van der Waals surface area contributed by atoms with Gasteiger partial charge < -0.3 is 10.2 Å². The average Bonchev–Trinajstić information content (AvgIpc) is 2.82. The van der Waals surface area contributed by atoms with Crippen molar-refractivity contribution in [3.63, 3.8) is 0 Å². The third kappa shape index (κ3) is 3.36. The van der Waals surface area contributed by atoms with Gasteiger partial charge >= 0.3 is 0 Å². The van der Waals surface area contributed by atoms with Gasteiger partial charge in [0.15, 0.2) is 5.82 Å². The summed E-state index contributed by atoms with van der Waals surface area (Å²) in [6.45, 7) is 5.02. The molecule has 1 saturated heterocycles. The van der Waals surface area contributed by atoms with E-state index < -0.39 is 0 Å². The van der Waals surface area contributed by atoms with Crippen molar-refractivity contribution in [2.24, 2.45) is 0 Å². The molecule has 0 amide bonds. The lowest BCUT2D eigenvalue weighted by molar-refractivity contribution is 0.566. The fraction of sp³-hybridized carbons (Fsp3) is 0.667. The largest absolute Gasteiger partial charge is 0.339 e. The van der Waals surface area contributed by atoms with E-state index in [1.54, 1.807) is 0 Å². The summed E-state index contributed by atoms with van der Waals surface area (Å²) < 4.78 is 12.8. The van der Waals surface area contributed by atoms with E-state index >= 15 is 0 Å². The molecular formula is C12H19FN4. The van der Waals surface area contributed by atoms with Gasteiger partial charge in [0.25, 0.3) is 0 Å². The first-order valence-electron chi connectivity index (χ1n) is 6.25. The Morgan fingerprint density at radius 3 is 2.82 bits per heavy atom. The van der Waals surface area contributed by atoms with Crippen molar-refractivity contribution < 1.29 is 4.39 Å². The van der Waals surface area contributed by atoms with E-state index in [-0.39, 0.29) is 5.82 Å². The van der Waals surface area contributed by atoms with Crippen LogP contribution < -0.4 is 10.2 Å². The minimum Gasteiger partial charge on any atom is -0.339 e. The Balaban J connectivity index is 2.02. The van der Waals surface area contributed by atoms with Gasteiger partial charge in [0, 0.05) is 19.1 Å². The molecule has 1 N–H and O–H groups in total. The summed E-state index contributed by atoms with van der Waals surface area (Å²) in [5, 5.41) is 3.46. The van der Waals surface area contributed by atoms with E-state index in [0.29, 0.717) is 12.0 Å². The smallest absolute Gasteiger partial charge is 0.225 e. The number of nitrogens with zero attached hydrogens (tertiary/aromatic N) is 3. The maximum Gasteiger partial charge on any atom is 0.225 e. The third-order valence-electron chi connectivity index (χ3n) is 2.99. The summed E-state index contributed by atoms with van der Waals surface area (Å²) in [6, 6.07) is 0.509. The Morgan fingerprint density at radius 2 is 2.24 bits per heavy atom. The zero-order chi connectivity index (χ0) is 12.1. The molecule has 0 radical (unpaired) electrons. The van der Waals surface area contributed by atoms with Gasteiger partial charge in [-0.05, 0) is 25.8 Å². The fourth-order valence-electron chi connectivity index (χ4n) is 2.19. The number of rotatable bonds is 5. The summed E-state index contributed by atoms with van der Waals surface area (Å²) in [6.07, 6.45) is 5.92. The molecule has 1 fully saturated rings. The standard InChI is InChI=1S/C12H19FN4/c1-2-6-17(9-11-4-3-5-14-11)12-15-7-10(13)8-16-12/h7-8,11,14H,2-6,9H2,1H3. The molecule has 0 spiro atoms. The monoisotopic (exact) mass is 238 g/mol. The molecule has 5 heteroatoms. The zero-order valence-electron chi connectivity index (χ0n) is 10.2. The first-order valence-corrected chi connectivity index (χ1v) is 6.25. The second-order valence-corrected chi connectivity index (χ2v) is 4.44. The van der Waals surface area contributed by atoms with Gasteiger partial charge in [-0.15, -0.1) is 0 Å². The van der Waals surface area contributed by atoms with E-state index in [0.717, 1.165) is 26.1 Å². The summed E-state index contributed by atoms with van der Waals surface area (Å²) >= 11 is 0. The second kappa shape index (κ2) is 5.91. The maximum absolute atomic E-state index is 12.8. The van der Waals surface area contributed by atoms with E-state index in [1.165, 1.54) is 25.2 Å². The molecule has 0 saturated carbocycles. The molecule has 17 heavy (non-hydrogen) atoms. The molecule has 0 aromatic carbocycles. The molecule has 2 heterocycles. The van der Waals surface area contributed by atoms with Crippen molar-refractivity contribution in [1.82, 2.24) is 15.3 Å². The van der Waals surface area contributed by atoms with Crippen LogP contribution in [0.15, 0.2) is 12.4 Å². The Bertz CT molecular complexity index is 335. The lowest BCUT2D eigenvalue weighted by atomic mass is 10.2. The highest BCUT2D eigenvalue weighted by molar-refractivity contribution is 5.28. The molecule has 0 aliphatic carbocycles. The van der Waals surface area contributed by atoms with Crippen molar-refractivity contribution in [2.75, 3.05) is 24.5 Å². The molecule has 1 unspecified atom stereocenters. The first-order chi connectivity index (χ1) is 8.29. The summed E-state index contributed by atoms with van der Waals surface area (Å²) in [5.74, 6) is 0.242. The van der Waals surface area contributed by atoms with Gasteiger partial charge in [0.1, 0.15) is 0 Å². The summed E-state index contributed by atoms with van der Waals surface area (Å²) in [4.78, 5) is 10.2. The van der Waals surface area contributed by atoms with Crippen LogP contribution in [0.5, 0.6) is 0 Å². The number of nitrogens with one attached hydrogen (secondary N) is 1. The fourth-order valence-corrected chi connectivity index (χ4v) is 2.19. The molecule has 1 aromatic rings. The predicted octanol–water partition coefficient (Wildman–Crippen LogP) is 1.58.